The van der Waals surface area contributed by atoms with E-state index in [1.165, 1.54) is 11.1 Å². The summed E-state index contributed by atoms with van der Waals surface area (Å²) in [6.45, 7) is 2.73. The van der Waals surface area contributed by atoms with Crippen LogP contribution in [-0.2, 0) is 26.2 Å². The van der Waals surface area contributed by atoms with Crippen LogP contribution in [0.1, 0.15) is 43.7 Å². The van der Waals surface area contributed by atoms with Crippen LogP contribution in [-0.4, -0.2) is 55.6 Å². The number of ether oxygens (including phenoxy) is 3. The second-order valence-corrected chi connectivity index (χ2v) is 11.0. The zero-order valence-electron chi connectivity index (χ0n) is 18.8. The minimum atomic E-state index is -0.859. The SMILES string of the molecule is COc1ccc2c3c1O[C@H]1[C@@]4(OC)C=C[C@@]5(C[C@]4(C)C=O)[C@@H](C2)N(C(=O)C2CC2)CC[C@]315. The lowest BCUT2D eigenvalue weighted by atomic mass is 9.34. The van der Waals surface area contributed by atoms with Gasteiger partial charge in [-0.2, -0.15) is 0 Å². The van der Waals surface area contributed by atoms with Crippen LogP contribution >= 0.6 is 0 Å². The Balaban J connectivity index is 1.54. The molecule has 1 saturated heterocycles. The molecule has 32 heavy (non-hydrogen) atoms. The van der Waals surface area contributed by atoms with Crippen molar-refractivity contribution in [3.05, 3.63) is 35.4 Å². The van der Waals surface area contributed by atoms with Crippen LogP contribution in [0.2, 0.25) is 0 Å². The fourth-order valence-corrected chi connectivity index (χ4v) is 8.40. The summed E-state index contributed by atoms with van der Waals surface area (Å²) < 4.78 is 18.8. The molecular weight excluding hydrogens is 406 g/mol. The van der Waals surface area contributed by atoms with Crippen LogP contribution in [0.3, 0.4) is 0 Å². The van der Waals surface area contributed by atoms with E-state index in [-0.39, 0.29) is 28.9 Å². The zero-order valence-corrected chi connectivity index (χ0v) is 18.8. The predicted molar refractivity (Wildman–Crippen MR) is 116 cm³/mol. The normalized spacial score (nSPS) is 44.2. The highest BCUT2D eigenvalue weighted by Crippen LogP contribution is 2.76. The molecule has 0 unspecified atom stereocenters. The van der Waals surface area contributed by atoms with E-state index in [0.29, 0.717) is 12.3 Å². The van der Waals surface area contributed by atoms with Crippen LogP contribution in [0.4, 0.5) is 0 Å². The van der Waals surface area contributed by atoms with Crippen LogP contribution in [0, 0.1) is 16.7 Å². The predicted octanol–water partition coefficient (Wildman–Crippen LogP) is 2.81. The lowest BCUT2D eigenvalue weighted by Crippen LogP contribution is -2.81. The number of hydrogen-bond acceptors (Lipinski definition) is 5. The molecule has 7 aliphatic rings. The number of piperidine rings is 1. The summed E-state index contributed by atoms with van der Waals surface area (Å²) in [7, 11) is 3.37. The summed E-state index contributed by atoms with van der Waals surface area (Å²) in [6.07, 6.45) is 9.37. The summed E-state index contributed by atoms with van der Waals surface area (Å²) in [4.78, 5) is 28.2. The third kappa shape index (κ3) is 1.73. The van der Waals surface area contributed by atoms with Crippen molar-refractivity contribution in [1.82, 2.24) is 4.90 Å². The summed E-state index contributed by atoms with van der Waals surface area (Å²) in [5.41, 5.74) is 0.176. The first-order valence-electron chi connectivity index (χ1n) is 11.8. The van der Waals surface area contributed by atoms with Crippen LogP contribution in [0.25, 0.3) is 0 Å². The molecule has 6 nitrogen and oxygen atoms in total. The summed E-state index contributed by atoms with van der Waals surface area (Å²) in [5.74, 6) is 2.01. The van der Waals surface area contributed by atoms with Crippen molar-refractivity contribution in [3.63, 3.8) is 0 Å². The van der Waals surface area contributed by atoms with E-state index in [9.17, 15) is 9.59 Å². The summed E-state index contributed by atoms with van der Waals surface area (Å²) in [6, 6.07) is 4.16. The van der Waals surface area contributed by atoms with Gasteiger partial charge in [0.1, 0.15) is 18.0 Å². The van der Waals surface area contributed by atoms with Gasteiger partial charge >= 0.3 is 0 Å². The summed E-state index contributed by atoms with van der Waals surface area (Å²) in [5, 5.41) is 0. The van der Waals surface area contributed by atoms with Gasteiger partial charge in [0, 0.05) is 36.6 Å². The average Bonchev–Trinajstić information content (AvgIpc) is 3.58. The van der Waals surface area contributed by atoms with Crippen molar-refractivity contribution in [2.75, 3.05) is 20.8 Å². The van der Waals surface area contributed by atoms with E-state index in [2.05, 4.69) is 23.1 Å². The number of carbonyl (C=O) groups is 2. The van der Waals surface area contributed by atoms with E-state index < -0.39 is 11.0 Å². The Kier molecular flexibility index (Phi) is 3.34. The first-order chi connectivity index (χ1) is 15.4. The van der Waals surface area contributed by atoms with Gasteiger partial charge in [-0.05, 0) is 50.7 Å². The minimum absolute atomic E-state index is 0.0213. The molecule has 8 rings (SSSR count). The maximum atomic E-state index is 13.4. The highest BCUT2D eigenvalue weighted by Gasteiger charge is 2.82. The van der Waals surface area contributed by atoms with Crippen LogP contribution in [0.15, 0.2) is 24.3 Å². The van der Waals surface area contributed by atoms with E-state index in [0.717, 1.165) is 50.0 Å². The Bertz CT molecular complexity index is 1110. The standard InChI is InChI=1S/C26H29NO5/c1-23(14-28)13-24-8-9-26(23,31-3)22-25(24)10-11-27(21(29)15-4-5-15)18(24)12-16-6-7-17(30-2)20(32-22)19(16)25/h6-9,14-15,18,22H,4-5,10-13H2,1-3H3/t18-,22-,23-,24-,25+,26+/m1/s1. The van der Waals surface area contributed by atoms with Crippen LogP contribution in [0.5, 0.6) is 11.5 Å². The van der Waals surface area contributed by atoms with Gasteiger partial charge in [-0.1, -0.05) is 18.2 Å². The van der Waals surface area contributed by atoms with Gasteiger partial charge in [0.2, 0.25) is 5.91 Å². The second-order valence-electron chi connectivity index (χ2n) is 11.0. The number of likely N-dealkylation sites (tertiary alicyclic amines) is 1. The fraction of sp³-hybridized carbons (Fsp3) is 0.615. The Hall–Kier alpha value is -2.34. The topological polar surface area (TPSA) is 65.1 Å². The smallest absolute Gasteiger partial charge is 0.225 e. The van der Waals surface area contributed by atoms with Crippen molar-refractivity contribution in [2.24, 2.45) is 16.7 Å². The van der Waals surface area contributed by atoms with E-state index in [4.69, 9.17) is 14.2 Å². The van der Waals surface area contributed by atoms with Gasteiger partial charge in [-0.3, -0.25) is 4.79 Å². The number of benzene rings is 1. The molecular formula is C26H29NO5. The second kappa shape index (κ2) is 5.58. The number of fused-ring (bicyclic) bond motifs is 1. The maximum absolute atomic E-state index is 13.4. The van der Waals surface area contributed by atoms with Crippen molar-refractivity contribution in [3.8, 4) is 11.5 Å². The van der Waals surface area contributed by atoms with E-state index in [1.807, 2.05) is 13.0 Å². The number of hydrogen-bond donors (Lipinski definition) is 0. The third-order valence-corrected chi connectivity index (χ3v) is 9.90. The number of carbonyl (C=O) groups excluding carboxylic acids is 2. The van der Waals surface area contributed by atoms with Crippen molar-refractivity contribution in [2.45, 2.75) is 62.2 Å². The molecule has 3 fully saturated rings. The van der Waals surface area contributed by atoms with Gasteiger partial charge in [-0.15, -0.1) is 0 Å². The molecule has 2 saturated carbocycles. The Morgan fingerprint density at radius 2 is 2.06 bits per heavy atom. The van der Waals surface area contributed by atoms with Crippen molar-refractivity contribution in [1.29, 1.82) is 0 Å². The fourth-order valence-electron chi connectivity index (χ4n) is 8.40. The number of aldehydes is 1. The quantitative estimate of drug-likeness (QED) is 0.538. The molecule has 2 heterocycles. The van der Waals surface area contributed by atoms with E-state index >= 15 is 0 Å². The lowest BCUT2D eigenvalue weighted by molar-refractivity contribution is -0.237. The molecule has 4 bridgehead atoms. The number of amides is 1. The molecule has 6 atom stereocenters. The van der Waals surface area contributed by atoms with Gasteiger partial charge in [0.25, 0.3) is 0 Å². The molecule has 1 aromatic rings. The molecule has 5 aliphatic carbocycles. The first kappa shape index (κ1) is 19.2. The molecule has 0 aromatic heterocycles. The van der Waals surface area contributed by atoms with Gasteiger partial charge < -0.3 is 23.9 Å². The van der Waals surface area contributed by atoms with Crippen molar-refractivity contribution < 1.29 is 23.8 Å². The largest absolute Gasteiger partial charge is 0.493 e. The highest BCUT2D eigenvalue weighted by molar-refractivity contribution is 5.83. The third-order valence-electron chi connectivity index (χ3n) is 9.90. The monoisotopic (exact) mass is 435 g/mol. The highest BCUT2D eigenvalue weighted by atomic mass is 16.6. The first-order valence-corrected chi connectivity index (χ1v) is 11.8. The zero-order chi connectivity index (χ0) is 22.1. The molecule has 0 radical (unpaired) electrons. The number of nitrogens with zero attached hydrogens (tertiary/aromatic N) is 1. The summed E-state index contributed by atoms with van der Waals surface area (Å²) >= 11 is 0. The molecule has 2 aliphatic heterocycles. The molecule has 0 N–H and O–H groups in total. The lowest BCUT2D eigenvalue weighted by Gasteiger charge is -2.72. The molecule has 1 amide bonds. The minimum Gasteiger partial charge on any atom is -0.493 e. The Morgan fingerprint density at radius 1 is 1.25 bits per heavy atom. The maximum Gasteiger partial charge on any atom is 0.225 e. The Labute approximate surface area is 187 Å². The molecule has 1 aromatic carbocycles. The number of methoxy groups -OCH3 is 2. The Morgan fingerprint density at radius 3 is 2.75 bits per heavy atom. The molecule has 6 heteroatoms. The van der Waals surface area contributed by atoms with Gasteiger partial charge in [0.15, 0.2) is 11.5 Å². The van der Waals surface area contributed by atoms with Crippen LogP contribution < -0.4 is 9.47 Å². The average molecular weight is 436 g/mol. The molecule has 2 spiro atoms. The van der Waals surface area contributed by atoms with Gasteiger partial charge in [-0.25, -0.2) is 0 Å². The van der Waals surface area contributed by atoms with E-state index in [1.54, 1.807) is 14.2 Å². The molecule has 168 valence electrons. The van der Waals surface area contributed by atoms with Gasteiger partial charge in [0.05, 0.1) is 17.9 Å². The van der Waals surface area contributed by atoms with Crippen molar-refractivity contribution >= 4 is 12.2 Å². The number of rotatable bonds is 4.